The third kappa shape index (κ3) is 3.24. The molecule has 1 atom stereocenters. The summed E-state index contributed by atoms with van der Waals surface area (Å²) in [5, 5.41) is 11.2. The van der Waals surface area contributed by atoms with Crippen LogP contribution in [0.1, 0.15) is 29.1 Å². The van der Waals surface area contributed by atoms with Gasteiger partial charge in [-0.05, 0) is 47.7 Å². The molecule has 0 saturated heterocycles. The second kappa shape index (κ2) is 5.87. The first-order chi connectivity index (χ1) is 8.99. The number of nitrogens with one attached hydrogen (secondary N) is 1. The maximum absolute atomic E-state index is 12.2. The van der Waals surface area contributed by atoms with Gasteiger partial charge in [0.2, 0.25) is 0 Å². The van der Waals surface area contributed by atoms with E-state index in [1.54, 1.807) is 23.0 Å². The van der Waals surface area contributed by atoms with Crippen LogP contribution in [0.25, 0.3) is 0 Å². The van der Waals surface area contributed by atoms with Crippen molar-refractivity contribution in [2.24, 2.45) is 7.05 Å². The zero-order valence-electron chi connectivity index (χ0n) is 10.4. The van der Waals surface area contributed by atoms with Crippen LogP contribution >= 0.6 is 34.2 Å². The van der Waals surface area contributed by atoms with Crippen LogP contribution < -0.4 is 5.32 Å². The van der Waals surface area contributed by atoms with Crippen molar-refractivity contribution in [2.45, 2.75) is 13.0 Å². The number of benzene rings is 1. The summed E-state index contributed by atoms with van der Waals surface area (Å²) in [5.41, 5.74) is 0.558. The quantitative estimate of drug-likeness (QED) is 0.820. The van der Waals surface area contributed by atoms with E-state index < -0.39 is 0 Å². The summed E-state index contributed by atoms with van der Waals surface area (Å²) in [6, 6.07) is 4.99. The maximum Gasteiger partial charge on any atom is 0.252 e. The third-order valence-corrected chi connectivity index (χ3v) is 3.83. The molecule has 7 heteroatoms. The molecule has 0 aliphatic heterocycles. The topological polar surface area (TPSA) is 59.8 Å². The second-order valence-corrected chi connectivity index (χ2v) is 5.72. The minimum Gasteiger partial charge on any atom is -0.342 e. The van der Waals surface area contributed by atoms with Crippen molar-refractivity contribution in [1.29, 1.82) is 0 Å². The van der Waals surface area contributed by atoms with Gasteiger partial charge in [0.25, 0.3) is 5.91 Å². The lowest BCUT2D eigenvalue weighted by Gasteiger charge is -2.13. The van der Waals surface area contributed by atoms with Crippen molar-refractivity contribution in [3.8, 4) is 0 Å². The molecule has 1 aromatic heterocycles. The summed E-state index contributed by atoms with van der Waals surface area (Å²) in [7, 11) is 1.83. The monoisotopic (exact) mass is 390 g/mol. The van der Waals surface area contributed by atoms with Gasteiger partial charge in [-0.3, -0.25) is 4.79 Å². The van der Waals surface area contributed by atoms with Gasteiger partial charge in [-0.2, -0.15) is 0 Å². The van der Waals surface area contributed by atoms with E-state index in [9.17, 15) is 4.79 Å². The second-order valence-electron chi connectivity index (χ2n) is 4.12. The number of carbonyl (C=O) groups is 1. The minimum absolute atomic E-state index is 0.178. The SMILES string of the molecule is CC(NC(=O)c1cc(Cl)ccc1I)c1nncn1C. The number of aryl methyl sites for hydroxylation is 1. The number of nitrogens with zero attached hydrogens (tertiary/aromatic N) is 3. The molecule has 1 heterocycles. The van der Waals surface area contributed by atoms with Crippen molar-refractivity contribution < 1.29 is 4.79 Å². The Morgan fingerprint density at radius 1 is 1.53 bits per heavy atom. The molecule has 1 N–H and O–H groups in total. The molecule has 0 aliphatic carbocycles. The highest BCUT2D eigenvalue weighted by Gasteiger charge is 2.17. The Hall–Kier alpha value is -1.15. The van der Waals surface area contributed by atoms with E-state index in [0.717, 1.165) is 3.57 Å². The number of hydrogen-bond acceptors (Lipinski definition) is 3. The van der Waals surface area contributed by atoms with Crippen molar-refractivity contribution in [3.63, 3.8) is 0 Å². The molecule has 2 rings (SSSR count). The number of hydrogen-bond donors (Lipinski definition) is 1. The lowest BCUT2D eigenvalue weighted by atomic mass is 10.2. The molecule has 0 aliphatic rings. The molecular weight excluding hydrogens is 379 g/mol. The highest BCUT2D eigenvalue weighted by Crippen LogP contribution is 2.19. The fourth-order valence-corrected chi connectivity index (χ4v) is 2.45. The molecule has 2 aromatic rings. The number of aromatic nitrogens is 3. The van der Waals surface area contributed by atoms with Crippen LogP contribution in [0, 0.1) is 3.57 Å². The molecule has 5 nitrogen and oxygen atoms in total. The van der Waals surface area contributed by atoms with Crippen molar-refractivity contribution >= 4 is 40.1 Å². The molecule has 0 spiro atoms. The smallest absolute Gasteiger partial charge is 0.252 e. The highest BCUT2D eigenvalue weighted by atomic mass is 127. The normalized spacial score (nSPS) is 12.2. The van der Waals surface area contributed by atoms with Crippen molar-refractivity contribution in [1.82, 2.24) is 20.1 Å². The van der Waals surface area contributed by atoms with Crippen LogP contribution in [-0.4, -0.2) is 20.7 Å². The molecule has 0 saturated carbocycles. The lowest BCUT2D eigenvalue weighted by Crippen LogP contribution is -2.29. The first-order valence-corrected chi connectivity index (χ1v) is 7.04. The Bertz CT molecular complexity index is 614. The standard InChI is InChI=1S/C12H12ClIN4O/c1-7(11-17-15-6-18(11)2)16-12(19)9-5-8(13)3-4-10(9)14/h3-7H,1-2H3,(H,16,19). The summed E-state index contributed by atoms with van der Waals surface area (Å²) in [4.78, 5) is 12.2. The highest BCUT2D eigenvalue weighted by molar-refractivity contribution is 14.1. The fourth-order valence-electron chi connectivity index (χ4n) is 1.69. The number of carbonyl (C=O) groups excluding carboxylic acids is 1. The lowest BCUT2D eigenvalue weighted by molar-refractivity contribution is 0.0937. The van der Waals surface area contributed by atoms with Gasteiger partial charge in [-0.25, -0.2) is 0 Å². The van der Waals surface area contributed by atoms with Gasteiger partial charge in [0.1, 0.15) is 6.33 Å². The zero-order chi connectivity index (χ0) is 14.0. The Balaban J connectivity index is 2.17. The van der Waals surface area contributed by atoms with Crippen LogP contribution in [0.2, 0.25) is 5.02 Å². The molecule has 1 unspecified atom stereocenters. The first-order valence-electron chi connectivity index (χ1n) is 5.59. The number of amides is 1. The average molecular weight is 391 g/mol. The summed E-state index contributed by atoms with van der Waals surface area (Å²) in [6.45, 7) is 1.86. The summed E-state index contributed by atoms with van der Waals surface area (Å²) < 4.78 is 2.62. The first kappa shape index (κ1) is 14.3. The van der Waals surface area contributed by atoms with Crippen LogP contribution in [-0.2, 0) is 7.05 Å². The minimum atomic E-state index is -0.227. The van der Waals surface area contributed by atoms with Crippen LogP contribution in [0.4, 0.5) is 0 Å². The maximum atomic E-state index is 12.2. The van der Waals surface area contributed by atoms with Gasteiger partial charge in [-0.1, -0.05) is 11.6 Å². The van der Waals surface area contributed by atoms with E-state index in [2.05, 4.69) is 38.1 Å². The largest absolute Gasteiger partial charge is 0.342 e. The van der Waals surface area contributed by atoms with E-state index in [1.807, 2.05) is 20.0 Å². The van der Waals surface area contributed by atoms with Crippen molar-refractivity contribution in [3.05, 3.63) is 44.5 Å². The predicted molar refractivity (Wildman–Crippen MR) is 81.1 cm³/mol. The molecule has 0 fully saturated rings. The third-order valence-electron chi connectivity index (χ3n) is 2.65. The van der Waals surface area contributed by atoms with Gasteiger partial charge in [-0.15, -0.1) is 10.2 Å². The molecule has 0 radical (unpaired) electrons. The average Bonchev–Trinajstić information content (AvgIpc) is 2.78. The summed E-state index contributed by atoms with van der Waals surface area (Å²) >= 11 is 8.02. The Morgan fingerprint density at radius 3 is 2.89 bits per heavy atom. The van der Waals surface area contributed by atoms with Crippen molar-refractivity contribution in [2.75, 3.05) is 0 Å². The van der Waals surface area contributed by atoms with Crippen LogP contribution in [0.3, 0.4) is 0 Å². The summed E-state index contributed by atoms with van der Waals surface area (Å²) in [5.74, 6) is 0.521. The van der Waals surface area contributed by atoms with E-state index in [4.69, 9.17) is 11.6 Å². The van der Waals surface area contributed by atoms with Gasteiger partial charge >= 0.3 is 0 Å². The van der Waals surface area contributed by atoms with Crippen LogP contribution in [0.5, 0.6) is 0 Å². The summed E-state index contributed by atoms with van der Waals surface area (Å²) in [6.07, 6.45) is 1.60. The molecular formula is C12H12ClIN4O. The number of rotatable bonds is 3. The molecule has 100 valence electrons. The zero-order valence-corrected chi connectivity index (χ0v) is 13.3. The van der Waals surface area contributed by atoms with E-state index >= 15 is 0 Å². The van der Waals surface area contributed by atoms with Gasteiger partial charge in [0, 0.05) is 15.6 Å². The van der Waals surface area contributed by atoms with Crippen LogP contribution in [0.15, 0.2) is 24.5 Å². The molecule has 19 heavy (non-hydrogen) atoms. The van der Waals surface area contributed by atoms with Gasteiger partial charge in [0.15, 0.2) is 5.82 Å². The predicted octanol–water partition coefficient (Wildman–Crippen LogP) is 2.56. The molecule has 1 amide bonds. The fraction of sp³-hybridized carbons (Fsp3) is 0.250. The van der Waals surface area contributed by atoms with E-state index in [-0.39, 0.29) is 11.9 Å². The Labute approximate surface area is 129 Å². The van der Waals surface area contributed by atoms with E-state index in [0.29, 0.717) is 16.4 Å². The Kier molecular flexibility index (Phi) is 4.41. The Morgan fingerprint density at radius 2 is 2.26 bits per heavy atom. The number of halogens is 2. The molecule has 1 aromatic carbocycles. The molecule has 0 bridgehead atoms. The van der Waals surface area contributed by atoms with Gasteiger partial charge < -0.3 is 9.88 Å². The van der Waals surface area contributed by atoms with Gasteiger partial charge in [0.05, 0.1) is 11.6 Å². The van der Waals surface area contributed by atoms with E-state index in [1.165, 1.54) is 0 Å².